The molecular weight excluding hydrogens is 224 g/mol. The van der Waals surface area contributed by atoms with Gasteiger partial charge in [0.2, 0.25) is 5.91 Å². The Morgan fingerprint density at radius 2 is 1.94 bits per heavy atom. The number of nitrogens with zero attached hydrogens (tertiary/aromatic N) is 1. The molecular formula is C15H22N2O. The molecule has 1 aromatic rings. The molecule has 1 unspecified atom stereocenters. The van der Waals surface area contributed by atoms with Crippen molar-refractivity contribution in [3.63, 3.8) is 0 Å². The molecule has 1 aliphatic heterocycles. The van der Waals surface area contributed by atoms with E-state index in [-0.39, 0.29) is 17.4 Å². The van der Waals surface area contributed by atoms with Gasteiger partial charge in [-0.05, 0) is 37.4 Å². The van der Waals surface area contributed by atoms with Gasteiger partial charge in [-0.3, -0.25) is 4.79 Å². The molecule has 3 heteroatoms. The molecule has 0 radical (unpaired) electrons. The molecule has 1 atom stereocenters. The third-order valence-electron chi connectivity index (χ3n) is 3.85. The first-order valence-electron chi connectivity index (χ1n) is 6.60. The zero-order valence-corrected chi connectivity index (χ0v) is 11.4. The van der Waals surface area contributed by atoms with E-state index in [1.807, 2.05) is 42.3 Å². The number of nitrogens with one attached hydrogen (secondary N) is 1. The Kier molecular flexibility index (Phi) is 3.71. The van der Waals surface area contributed by atoms with Crippen LogP contribution in [0.25, 0.3) is 0 Å². The highest BCUT2D eigenvalue weighted by molar-refractivity contribution is 5.98. The van der Waals surface area contributed by atoms with E-state index < -0.39 is 0 Å². The van der Waals surface area contributed by atoms with E-state index in [9.17, 15) is 4.79 Å². The Morgan fingerprint density at radius 1 is 1.28 bits per heavy atom. The lowest BCUT2D eigenvalue weighted by Crippen LogP contribution is -2.51. The van der Waals surface area contributed by atoms with Gasteiger partial charge >= 0.3 is 0 Å². The zero-order chi connectivity index (χ0) is 13.2. The Labute approximate surface area is 109 Å². The molecule has 1 fully saturated rings. The summed E-state index contributed by atoms with van der Waals surface area (Å²) in [6, 6.07) is 9.83. The maximum absolute atomic E-state index is 12.7. The minimum absolute atomic E-state index is 0.00929. The number of anilines is 1. The van der Waals surface area contributed by atoms with Crippen LogP contribution in [0.2, 0.25) is 0 Å². The van der Waals surface area contributed by atoms with Crippen molar-refractivity contribution in [2.75, 3.05) is 18.5 Å². The summed E-state index contributed by atoms with van der Waals surface area (Å²) in [4.78, 5) is 14.6. The molecule has 2 rings (SSSR count). The average molecular weight is 246 g/mol. The maximum atomic E-state index is 12.7. The first-order chi connectivity index (χ1) is 8.56. The zero-order valence-electron chi connectivity index (χ0n) is 11.4. The van der Waals surface area contributed by atoms with E-state index in [4.69, 9.17) is 0 Å². The fourth-order valence-corrected chi connectivity index (χ4v) is 2.82. The Hall–Kier alpha value is -1.35. The van der Waals surface area contributed by atoms with Crippen LogP contribution in [-0.2, 0) is 4.79 Å². The van der Waals surface area contributed by atoms with Crippen molar-refractivity contribution < 1.29 is 4.79 Å². The van der Waals surface area contributed by atoms with Gasteiger partial charge in [-0.1, -0.05) is 32.0 Å². The highest BCUT2D eigenvalue weighted by atomic mass is 16.2. The van der Waals surface area contributed by atoms with Crippen molar-refractivity contribution in [2.24, 2.45) is 5.41 Å². The van der Waals surface area contributed by atoms with Gasteiger partial charge in [0.1, 0.15) is 0 Å². The average Bonchev–Trinajstić information content (AvgIpc) is 2.46. The molecule has 1 heterocycles. The topological polar surface area (TPSA) is 32.3 Å². The van der Waals surface area contributed by atoms with Crippen molar-refractivity contribution in [2.45, 2.75) is 32.7 Å². The second kappa shape index (κ2) is 5.11. The van der Waals surface area contributed by atoms with E-state index in [1.54, 1.807) is 0 Å². The molecule has 0 aliphatic carbocycles. The molecule has 1 N–H and O–H groups in total. The number of carbonyl (C=O) groups excluding carboxylic acids is 1. The Morgan fingerprint density at radius 3 is 2.56 bits per heavy atom. The van der Waals surface area contributed by atoms with E-state index in [0.29, 0.717) is 0 Å². The minimum Gasteiger partial charge on any atom is -0.311 e. The van der Waals surface area contributed by atoms with Crippen LogP contribution in [0.15, 0.2) is 30.3 Å². The molecule has 1 saturated heterocycles. The number of likely N-dealkylation sites (N-methyl/N-ethyl adjacent to an activating group) is 1. The summed E-state index contributed by atoms with van der Waals surface area (Å²) < 4.78 is 0. The van der Waals surface area contributed by atoms with Crippen LogP contribution in [0, 0.1) is 5.41 Å². The lowest BCUT2D eigenvalue weighted by molar-refractivity contribution is -0.122. The van der Waals surface area contributed by atoms with Crippen LogP contribution in [0.4, 0.5) is 5.69 Å². The molecule has 1 aromatic carbocycles. The number of carbonyl (C=O) groups is 1. The lowest BCUT2D eigenvalue weighted by atomic mass is 9.80. The second-order valence-corrected chi connectivity index (χ2v) is 5.64. The molecule has 0 spiro atoms. The Balaban J connectivity index is 2.31. The van der Waals surface area contributed by atoms with Crippen LogP contribution in [-0.4, -0.2) is 25.5 Å². The predicted molar refractivity (Wildman–Crippen MR) is 74.7 cm³/mol. The molecule has 98 valence electrons. The number of rotatable bonds is 2. The number of para-hydroxylation sites is 1. The van der Waals surface area contributed by atoms with Crippen LogP contribution in [0.3, 0.4) is 0 Å². The molecule has 1 amide bonds. The van der Waals surface area contributed by atoms with Crippen molar-refractivity contribution in [3.8, 4) is 0 Å². The fourth-order valence-electron chi connectivity index (χ4n) is 2.82. The third kappa shape index (κ3) is 2.41. The maximum Gasteiger partial charge on any atom is 0.244 e. The van der Waals surface area contributed by atoms with E-state index in [0.717, 1.165) is 25.1 Å². The summed E-state index contributed by atoms with van der Waals surface area (Å²) in [6.45, 7) is 5.14. The smallest absolute Gasteiger partial charge is 0.244 e. The van der Waals surface area contributed by atoms with Gasteiger partial charge < -0.3 is 10.2 Å². The standard InChI is InChI=1S/C15H22N2O/c1-15(2)10-7-11-17(14(18)13(15)16-3)12-8-5-4-6-9-12/h4-6,8-9,13,16H,7,10-11H2,1-3H3. The van der Waals surface area contributed by atoms with Gasteiger partial charge in [0.25, 0.3) is 0 Å². The van der Waals surface area contributed by atoms with Gasteiger partial charge in [0.15, 0.2) is 0 Å². The molecule has 18 heavy (non-hydrogen) atoms. The summed E-state index contributed by atoms with van der Waals surface area (Å²) in [5.74, 6) is 0.186. The summed E-state index contributed by atoms with van der Waals surface area (Å²) in [7, 11) is 1.87. The molecule has 0 bridgehead atoms. The van der Waals surface area contributed by atoms with Gasteiger partial charge in [0, 0.05) is 12.2 Å². The van der Waals surface area contributed by atoms with Crippen LogP contribution >= 0.6 is 0 Å². The number of hydrogen-bond donors (Lipinski definition) is 1. The van der Waals surface area contributed by atoms with Crippen LogP contribution in [0.1, 0.15) is 26.7 Å². The number of hydrogen-bond acceptors (Lipinski definition) is 2. The largest absolute Gasteiger partial charge is 0.311 e. The van der Waals surface area contributed by atoms with E-state index >= 15 is 0 Å². The molecule has 0 saturated carbocycles. The van der Waals surface area contributed by atoms with Crippen molar-refractivity contribution in [1.29, 1.82) is 0 Å². The van der Waals surface area contributed by atoms with Gasteiger partial charge in [-0.25, -0.2) is 0 Å². The predicted octanol–water partition coefficient (Wildman–Crippen LogP) is 2.43. The summed E-state index contributed by atoms with van der Waals surface area (Å²) in [5.41, 5.74) is 1.01. The van der Waals surface area contributed by atoms with Crippen molar-refractivity contribution in [1.82, 2.24) is 5.32 Å². The summed E-state index contributed by atoms with van der Waals surface area (Å²) in [6.07, 6.45) is 2.11. The van der Waals surface area contributed by atoms with Gasteiger partial charge in [-0.2, -0.15) is 0 Å². The molecule has 1 aliphatic rings. The fraction of sp³-hybridized carbons (Fsp3) is 0.533. The third-order valence-corrected chi connectivity index (χ3v) is 3.85. The summed E-state index contributed by atoms with van der Waals surface area (Å²) >= 11 is 0. The van der Waals surface area contributed by atoms with Gasteiger partial charge in [0.05, 0.1) is 6.04 Å². The van der Waals surface area contributed by atoms with E-state index in [1.165, 1.54) is 0 Å². The van der Waals surface area contributed by atoms with Crippen molar-refractivity contribution >= 4 is 11.6 Å². The Bertz CT molecular complexity index is 414. The molecule has 3 nitrogen and oxygen atoms in total. The SMILES string of the molecule is CNC1C(=O)N(c2ccccc2)CCCC1(C)C. The quantitative estimate of drug-likeness (QED) is 0.869. The van der Waals surface area contributed by atoms with Crippen molar-refractivity contribution in [3.05, 3.63) is 30.3 Å². The monoisotopic (exact) mass is 246 g/mol. The number of amides is 1. The normalized spacial score (nSPS) is 23.8. The van der Waals surface area contributed by atoms with Gasteiger partial charge in [-0.15, -0.1) is 0 Å². The first-order valence-corrected chi connectivity index (χ1v) is 6.60. The first kappa shape index (κ1) is 13.1. The molecule has 0 aromatic heterocycles. The van der Waals surface area contributed by atoms with E-state index in [2.05, 4.69) is 19.2 Å². The van der Waals surface area contributed by atoms with Crippen LogP contribution < -0.4 is 10.2 Å². The van der Waals surface area contributed by atoms with Crippen LogP contribution in [0.5, 0.6) is 0 Å². The number of benzene rings is 1. The highest BCUT2D eigenvalue weighted by Crippen LogP contribution is 2.32. The minimum atomic E-state index is -0.111. The second-order valence-electron chi connectivity index (χ2n) is 5.64. The highest BCUT2D eigenvalue weighted by Gasteiger charge is 2.39. The summed E-state index contributed by atoms with van der Waals surface area (Å²) in [5, 5.41) is 3.19. The lowest BCUT2D eigenvalue weighted by Gasteiger charge is -2.32.